The van der Waals surface area contributed by atoms with Crippen molar-refractivity contribution in [3.63, 3.8) is 0 Å². The number of aromatic amines is 1. The van der Waals surface area contributed by atoms with E-state index in [0.717, 1.165) is 34.4 Å². The second-order valence-electron chi connectivity index (χ2n) is 14.0. The summed E-state index contributed by atoms with van der Waals surface area (Å²) in [4.78, 5) is 0. The van der Waals surface area contributed by atoms with E-state index in [0.29, 0.717) is 5.69 Å². The normalized spacial score (nSPS) is 20.5. The molecule has 1 fully saturated rings. The summed E-state index contributed by atoms with van der Waals surface area (Å²) in [5.74, 6) is -4.35. The molecule has 7 rings (SSSR count). The number of methoxy groups -OCH3 is 1. The summed E-state index contributed by atoms with van der Waals surface area (Å²) in [5, 5.41) is 20.0. The van der Waals surface area contributed by atoms with Crippen molar-refractivity contribution in [2.45, 2.75) is 70.2 Å². The molecule has 0 bridgehead atoms. The Bertz CT molecular complexity index is 2160. The van der Waals surface area contributed by atoms with Crippen molar-refractivity contribution in [1.29, 1.82) is 0 Å². The van der Waals surface area contributed by atoms with Gasteiger partial charge in [-0.15, -0.1) is 5.10 Å². The van der Waals surface area contributed by atoms with E-state index < -0.39 is 42.0 Å². The smallest absolute Gasteiger partial charge is 0.356 e. The molecule has 0 spiro atoms. The topological polar surface area (TPSA) is 114 Å². The summed E-state index contributed by atoms with van der Waals surface area (Å²) >= 11 is 0. The van der Waals surface area contributed by atoms with E-state index >= 15 is 8.78 Å². The van der Waals surface area contributed by atoms with Crippen LogP contribution in [0.3, 0.4) is 0 Å². The second-order valence-corrected chi connectivity index (χ2v) is 14.0. The van der Waals surface area contributed by atoms with Crippen molar-refractivity contribution >= 4 is 0 Å². The molecular formula is C46H46F2N2O8. The maximum Gasteiger partial charge on any atom is 0.356 e. The van der Waals surface area contributed by atoms with Crippen LogP contribution in [0.5, 0.6) is 11.6 Å². The highest BCUT2D eigenvalue weighted by Gasteiger charge is 2.59. The van der Waals surface area contributed by atoms with Crippen LogP contribution in [0, 0.1) is 18.6 Å². The molecule has 0 saturated carbocycles. The fraction of sp³-hybridized carbons (Fsp3) is 0.283. The van der Waals surface area contributed by atoms with E-state index in [-0.39, 0.29) is 62.2 Å². The Hall–Kier alpha value is -5.47. The number of rotatable bonds is 18. The van der Waals surface area contributed by atoms with Gasteiger partial charge in [0.1, 0.15) is 35.7 Å². The summed E-state index contributed by atoms with van der Waals surface area (Å²) in [5.41, 5.74) is 4.01. The predicted octanol–water partition coefficient (Wildman–Crippen LogP) is 7.99. The van der Waals surface area contributed by atoms with E-state index in [1.54, 1.807) is 6.92 Å². The molecule has 6 aromatic rings. The van der Waals surface area contributed by atoms with Crippen LogP contribution in [0.4, 0.5) is 8.78 Å². The van der Waals surface area contributed by atoms with Crippen LogP contribution < -0.4 is 9.47 Å². The van der Waals surface area contributed by atoms with Crippen LogP contribution in [0.2, 0.25) is 0 Å². The van der Waals surface area contributed by atoms with Crippen molar-refractivity contribution < 1.29 is 47.0 Å². The molecule has 12 heteroatoms. The summed E-state index contributed by atoms with van der Waals surface area (Å²) in [7, 11) is 1.33. The Morgan fingerprint density at radius 3 is 1.67 bits per heavy atom. The van der Waals surface area contributed by atoms with E-state index in [4.69, 9.17) is 33.2 Å². The molecule has 1 aromatic heterocycles. The van der Waals surface area contributed by atoms with Crippen LogP contribution in [-0.4, -0.2) is 59.4 Å². The Morgan fingerprint density at radius 2 is 1.16 bits per heavy atom. The second kappa shape index (κ2) is 19.3. The van der Waals surface area contributed by atoms with Gasteiger partial charge in [-0.3, -0.25) is 5.10 Å². The van der Waals surface area contributed by atoms with E-state index in [2.05, 4.69) is 10.2 Å². The standard InChI is InChI=1S/C46H46F2N2O8/c1-31-37(25-38-39(47)23-36(52-2)24-40(38)48)45(50-49-31)58-46(51)44(56-29-35-21-13-6-14-22-35)43(55-28-34-19-11-5-12-20-34)42(54-27-33-17-9-4-10-18-33)41(57-46)30-53-26-32-15-7-3-8-16-32/h3-24,41-44,51H,25-30H2,1-2H3,(H,49,50)/t41-,42-,43+,44-,46+/m1/s1. The zero-order valence-corrected chi connectivity index (χ0v) is 32.3. The third-order valence-corrected chi connectivity index (χ3v) is 9.89. The fourth-order valence-electron chi connectivity index (χ4n) is 6.80. The molecule has 1 aliphatic rings. The Kier molecular flexibility index (Phi) is 13.6. The van der Waals surface area contributed by atoms with Crippen LogP contribution in [-0.2, 0) is 56.5 Å². The molecule has 0 amide bonds. The van der Waals surface area contributed by atoms with Gasteiger partial charge in [0.25, 0.3) is 0 Å². The Labute approximate surface area is 336 Å². The molecule has 2 N–H and O–H groups in total. The Balaban J connectivity index is 1.27. The van der Waals surface area contributed by atoms with Gasteiger partial charge >= 0.3 is 5.97 Å². The number of aryl methyl sites for hydroxylation is 1. The first-order chi connectivity index (χ1) is 28.3. The van der Waals surface area contributed by atoms with E-state index in [1.165, 1.54) is 7.11 Å². The van der Waals surface area contributed by atoms with Crippen LogP contribution in [0.1, 0.15) is 39.1 Å². The van der Waals surface area contributed by atoms with Gasteiger partial charge in [0.2, 0.25) is 5.88 Å². The lowest BCUT2D eigenvalue weighted by atomic mass is 9.96. The number of aromatic nitrogens is 2. The lowest BCUT2D eigenvalue weighted by Gasteiger charge is -2.49. The largest absolute Gasteiger partial charge is 0.497 e. The molecule has 5 atom stereocenters. The van der Waals surface area contributed by atoms with Crippen molar-refractivity contribution in [3.8, 4) is 11.6 Å². The number of hydrogen-bond acceptors (Lipinski definition) is 9. The minimum atomic E-state index is -2.60. The number of ether oxygens (including phenoxy) is 7. The summed E-state index contributed by atoms with van der Waals surface area (Å²) in [6, 6.07) is 40.5. The maximum atomic E-state index is 15.3. The number of aliphatic hydroxyl groups is 1. The monoisotopic (exact) mass is 792 g/mol. The number of hydrogen-bond donors (Lipinski definition) is 2. The van der Waals surface area contributed by atoms with Gasteiger partial charge < -0.3 is 38.3 Å². The highest BCUT2D eigenvalue weighted by atomic mass is 19.1. The molecule has 0 unspecified atom stereocenters. The molecule has 0 radical (unpaired) electrons. The zero-order valence-electron chi connectivity index (χ0n) is 32.3. The van der Waals surface area contributed by atoms with Gasteiger partial charge in [-0.25, -0.2) is 8.78 Å². The highest BCUT2D eigenvalue weighted by molar-refractivity contribution is 5.39. The van der Waals surface area contributed by atoms with Gasteiger partial charge in [-0.1, -0.05) is 121 Å². The van der Waals surface area contributed by atoms with Gasteiger partial charge in [0, 0.05) is 35.4 Å². The molecule has 5 aromatic carbocycles. The zero-order chi connectivity index (χ0) is 40.3. The average Bonchev–Trinajstić information content (AvgIpc) is 3.58. The summed E-state index contributed by atoms with van der Waals surface area (Å²) in [6.07, 6.45) is -4.54. The Morgan fingerprint density at radius 1 is 0.672 bits per heavy atom. The number of nitrogens with one attached hydrogen (secondary N) is 1. The van der Waals surface area contributed by atoms with Crippen molar-refractivity contribution in [2.24, 2.45) is 0 Å². The number of H-pyrrole nitrogens is 1. The summed E-state index contributed by atoms with van der Waals surface area (Å²) < 4.78 is 74.8. The SMILES string of the molecule is COc1cc(F)c(Cc2c(O[C@@]3(O)O[C@H](COCc4ccccc4)[C@@H](OCc4ccccc4)[C@H](OCc4ccccc4)[C@H]3OCc3ccccc3)n[nH]c2C)c(F)c1. The fourth-order valence-corrected chi connectivity index (χ4v) is 6.80. The van der Waals surface area contributed by atoms with Crippen LogP contribution >= 0.6 is 0 Å². The van der Waals surface area contributed by atoms with Gasteiger partial charge in [0.15, 0.2) is 6.10 Å². The first-order valence-electron chi connectivity index (χ1n) is 19.0. The molecule has 58 heavy (non-hydrogen) atoms. The quantitative estimate of drug-likeness (QED) is 0.0837. The average molecular weight is 793 g/mol. The van der Waals surface area contributed by atoms with Crippen LogP contribution in [0.15, 0.2) is 133 Å². The summed E-state index contributed by atoms with van der Waals surface area (Å²) in [6.45, 7) is 2.21. The first-order valence-corrected chi connectivity index (χ1v) is 19.0. The predicted molar refractivity (Wildman–Crippen MR) is 211 cm³/mol. The van der Waals surface area contributed by atoms with Crippen molar-refractivity contribution in [2.75, 3.05) is 13.7 Å². The molecule has 1 aliphatic heterocycles. The van der Waals surface area contributed by atoms with E-state index in [9.17, 15) is 5.11 Å². The molecule has 1 saturated heterocycles. The number of benzene rings is 5. The third kappa shape index (κ3) is 10.1. The number of nitrogens with zero attached hydrogens (tertiary/aromatic N) is 1. The molecule has 10 nitrogen and oxygen atoms in total. The minimum Gasteiger partial charge on any atom is -0.497 e. The lowest BCUT2D eigenvalue weighted by molar-refractivity contribution is -0.436. The molecule has 302 valence electrons. The number of halogens is 2. The third-order valence-electron chi connectivity index (χ3n) is 9.89. The minimum absolute atomic E-state index is 0.0288. The lowest BCUT2D eigenvalue weighted by Crippen LogP contribution is -2.69. The van der Waals surface area contributed by atoms with Gasteiger partial charge in [-0.05, 0) is 29.2 Å². The van der Waals surface area contributed by atoms with Crippen molar-refractivity contribution in [1.82, 2.24) is 10.2 Å². The van der Waals surface area contributed by atoms with Crippen molar-refractivity contribution in [3.05, 3.63) is 184 Å². The van der Waals surface area contributed by atoms with Crippen LogP contribution in [0.25, 0.3) is 0 Å². The molecular weight excluding hydrogens is 747 g/mol. The first kappa shape index (κ1) is 40.7. The van der Waals surface area contributed by atoms with Gasteiger partial charge in [-0.2, -0.15) is 0 Å². The highest BCUT2D eigenvalue weighted by Crippen LogP contribution is 2.39. The molecule has 0 aliphatic carbocycles. The van der Waals surface area contributed by atoms with E-state index in [1.807, 2.05) is 121 Å². The molecule has 2 heterocycles. The van der Waals surface area contributed by atoms with Gasteiger partial charge in [0.05, 0.1) is 40.1 Å². The maximum absolute atomic E-state index is 15.3.